The molecule has 22 heavy (non-hydrogen) atoms. The van der Waals surface area contributed by atoms with Gasteiger partial charge in [0.25, 0.3) is 0 Å². The molecule has 0 fully saturated rings. The van der Waals surface area contributed by atoms with Gasteiger partial charge in [-0.25, -0.2) is 4.79 Å². The summed E-state index contributed by atoms with van der Waals surface area (Å²) in [4.78, 5) is 20.2. The molecule has 0 aliphatic heterocycles. The summed E-state index contributed by atoms with van der Waals surface area (Å²) in [7, 11) is 0. The van der Waals surface area contributed by atoms with Crippen LogP contribution >= 0.6 is 11.6 Å². The van der Waals surface area contributed by atoms with E-state index in [1.54, 1.807) is 36.5 Å². The van der Waals surface area contributed by atoms with E-state index < -0.39 is 5.97 Å². The van der Waals surface area contributed by atoms with Gasteiger partial charge in [0.05, 0.1) is 0 Å². The highest BCUT2D eigenvalue weighted by Gasteiger charge is 2.07. The summed E-state index contributed by atoms with van der Waals surface area (Å²) < 4.78 is 5.34. The van der Waals surface area contributed by atoms with Crippen LogP contribution in [-0.2, 0) is 9.63 Å². The van der Waals surface area contributed by atoms with E-state index in [0.29, 0.717) is 16.3 Å². The fourth-order valence-corrected chi connectivity index (χ4v) is 1.83. The van der Waals surface area contributed by atoms with E-state index in [0.717, 1.165) is 5.56 Å². The lowest BCUT2D eigenvalue weighted by Crippen LogP contribution is -2.18. The lowest BCUT2D eigenvalue weighted by Gasteiger charge is -2.07. The lowest BCUT2D eigenvalue weighted by atomic mass is 10.2. The zero-order valence-electron chi connectivity index (χ0n) is 11.8. The molecule has 0 radical (unpaired) electrons. The molecule has 0 aliphatic carbocycles. The van der Waals surface area contributed by atoms with Crippen LogP contribution in [0.2, 0.25) is 5.02 Å². The van der Waals surface area contributed by atoms with Gasteiger partial charge in [-0.1, -0.05) is 16.8 Å². The highest BCUT2D eigenvalue weighted by Crippen LogP contribution is 2.21. The first kappa shape index (κ1) is 15.8. The Morgan fingerprint density at radius 2 is 2.23 bits per heavy atom. The molecule has 114 valence electrons. The van der Waals surface area contributed by atoms with Crippen LogP contribution in [0.25, 0.3) is 0 Å². The van der Waals surface area contributed by atoms with E-state index in [-0.39, 0.29) is 12.4 Å². The third-order valence-electron chi connectivity index (χ3n) is 2.69. The standard InChI is InChI=1S/C15H14ClN3O3/c1-10-7-12(16)4-5-13(10)21-9-14(20)22-19-15(17)11-3-2-6-18-8-11/h2-8H,9H2,1H3,(H2,17,19). The Morgan fingerprint density at radius 3 is 2.91 bits per heavy atom. The number of nitrogens with zero attached hydrogens (tertiary/aromatic N) is 2. The SMILES string of the molecule is Cc1cc(Cl)ccc1OCC(=O)ON=C(N)c1cccnc1. The van der Waals surface area contributed by atoms with Crippen LogP contribution in [0.3, 0.4) is 0 Å². The van der Waals surface area contributed by atoms with Crippen molar-refractivity contribution in [2.75, 3.05) is 6.61 Å². The number of hydrogen-bond acceptors (Lipinski definition) is 5. The number of carbonyl (C=O) groups is 1. The van der Waals surface area contributed by atoms with Crippen molar-refractivity contribution in [2.24, 2.45) is 10.9 Å². The van der Waals surface area contributed by atoms with Crippen molar-refractivity contribution in [3.05, 3.63) is 58.9 Å². The molecule has 2 rings (SSSR count). The molecule has 1 heterocycles. The molecule has 0 atom stereocenters. The van der Waals surface area contributed by atoms with Gasteiger partial charge in [-0.2, -0.15) is 0 Å². The Hall–Kier alpha value is -2.60. The summed E-state index contributed by atoms with van der Waals surface area (Å²) in [5, 5.41) is 4.15. The lowest BCUT2D eigenvalue weighted by molar-refractivity contribution is -0.146. The van der Waals surface area contributed by atoms with Gasteiger partial charge in [0.15, 0.2) is 12.4 Å². The number of ether oxygens (including phenoxy) is 1. The third-order valence-corrected chi connectivity index (χ3v) is 2.92. The fourth-order valence-electron chi connectivity index (χ4n) is 1.60. The van der Waals surface area contributed by atoms with Crippen molar-refractivity contribution >= 4 is 23.4 Å². The molecule has 2 N–H and O–H groups in total. The number of amidine groups is 1. The first-order chi connectivity index (χ1) is 10.6. The summed E-state index contributed by atoms with van der Waals surface area (Å²) in [6.07, 6.45) is 3.12. The molecular weight excluding hydrogens is 306 g/mol. The molecule has 1 aromatic heterocycles. The normalized spacial score (nSPS) is 11.1. The zero-order valence-corrected chi connectivity index (χ0v) is 12.6. The molecule has 0 bridgehead atoms. The van der Waals surface area contributed by atoms with Crippen molar-refractivity contribution in [1.82, 2.24) is 4.98 Å². The van der Waals surface area contributed by atoms with Gasteiger partial charge in [-0.15, -0.1) is 0 Å². The topological polar surface area (TPSA) is 86.8 Å². The van der Waals surface area contributed by atoms with Gasteiger partial charge in [0, 0.05) is 23.0 Å². The van der Waals surface area contributed by atoms with Crippen molar-refractivity contribution < 1.29 is 14.4 Å². The quantitative estimate of drug-likeness (QED) is 0.395. The van der Waals surface area contributed by atoms with Crippen LogP contribution in [0.15, 0.2) is 47.9 Å². The van der Waals surface area contributed by atoms with E-state index in [4.69, 9.17) is 22.1 Å². The second-order valence-electron chi connectivity index (χ2n) is 4.38. The number of aryl methyl sites for hydroxylation is 1. The minimum Gasteiger partial charge on any atom is -0.482 e. The Kier molecular flexibility index (Phi) is 5.32. The number of pyridine rings is 1. The number of hydrogen-bond donors (Lipinski definition) is 1. The van der Waals surface area contributed by atoms with Crippen molar-refractivity contribution in [1.29, 1.82) is 0 Å². The van der Waals surface area contributed by atoms with Crippen LogP contribution in [0.5, 0.6) is 5.75 Å². The number of carbonyl (C=O) groups excluding carboxylic acids is 1. The highest BCUT2D eigenvalue weighted by atomic mass is 35.5. The van der Waals surface area contributed by atoms with Crippen molar-refractivity contribution in [3.8, 4) is 5.75 Å². The van der Waals surface area contributed by atoms with E-state index in [2.05, 4.69) is 15.0 Å². The van der Waals surface area contributed by atoms with E-state index >= 15 is 0 Å². The number of oxime groups is 1. The third kappa shape index (κ3) is 4.46. The number of nitrogens with two attached hydrogens (primary N) is 1. The second kappa shape index (κ2) is 7.42. The monoisotopic (exact) mass is 319 g/mol. The van der Waals surface area contributed by atoms with E-state index in [1.807, 2.05) is 6.92 Å². The van der Waals surface area contributed by atoms with Crippen molar-refractivity contribution in [3.63, 3.8) is 0 Å². The molecule has 0 aliphatic rings. The van der Waals surface area contributed by atoms with Crippen LogP contribution in [0, 0.1) is 6.92 Å². The molecule has 0 unspecified atom stereocenters. The summed E-state index contributed by atoms with van der Waals surface area (Å²) >= 11 is 5.84. The molecule has 0 saturated heterocycles. The van der Waals surface area contributed by atoms with Crippen LogP contribution < -0.4 is 10.5 Å². The Morgan fingerprint density at radius 1 is 1.41 bits per heavy atom. The van der Waals surface area contributed by atoms with Crippen LogP contribution in [0.1, 0.15) is 11.1 Å². The summed E-state index contributed by atoms with van der Waals surface area (Å²) in [6.45, 7) is 1.54. The minimum atomic E-state index is -0.666. The summed E-state index contributed by atoms with van der Waals surface area (Å²) in [6, 6.07) is 8.49. The van der Waals surface area contributed by atoms with Crippen LogP contribution in [-0.4, -0.2) is 23.4 Å². The molecular formula is C15H14ClN3O3. The maximum Gasteiger partial charge on any atom is 0.372 e. The average molecular weight is 320 g/mol. The summed E-state index contributed by atoms with van der Waals surface area (Å²) in [5.74, 6) is -0.0594. The Bertz CT molecular complexity index is 690. The molecule has 2 aromatic rings. The number of benzene rings is 1. The molecule has 0 amide bonds. The first-order valence-electron chi connectivity index (χ1n) is 6.39. The van der Waals surface area contributed by atoms with Gasteiger partial charge in [0.2, 0.25) is 0 Å². The Labute approximate surface area is 132 Å². The second-order valence-corrected chi connectivity index (χ2v) is 4.82. The summed E-state index contributed by atoms with van der Waals surface area (Å²) in [5.41, 5.74) is 7.05. The predicted octanol–water partition coefficient (Wildman–Crippen LogP) is 2.29. The zero-order chi connectivity index (χ0) is 15.9. The molecule has 1 aromatic carbocycles. The average Bonchev–Trinajstić information content (AvgIpc) is 2.52. The van der Waals surface area contributed by atoms with Gasteiger partial charge < -0.3 is 15.3 Å². The maximum atomic E-state index is 11.6. The van der Waals surface area contributed by atoms with Crippen molar-refractivity contribution in [2.45, 2.75) is 6.92 Å². The van der Waals surface area contributed by atoms with E-state index in [9.17, 15) is 4.79 Å². The van der Waals surface area contributed by atoms with Gasteiger partial charge in [-0.05, 0) is 42.8 Å². The predicted molar refractivity (Wildman–Crippen MR) is 82.7 cm³/mol. The van der Waals surface area contributed by atoms with Gasteiger partial charge >= 0.3 is 5.97 Å². The van der Waals surface area contributed by atoms with E-state index in [1.165, 1.54) is 6.20 Å². The van der Waals surface area contributed by atoms with Gasteiger partial charge in [0.1, 0.15) is 5.75 Å². The highest BCUT2D eigenvalue weighted by molar-refractivity contribution is 6.30. The number of aromatic nitrogens is 1. The smallest absolute Gasteiger partial charge is 0.372 e. The number of halogens is 1. The largest absolute Gasteiger partial charge is 0.482 e. The Balaban J connectivity index is 1.88. The molecule has 7 heteroatoms. The van der Waals surface area contributed by atoms with Crippen LogP contribution in [0.4, 0.5) is 0 Å². The molecule has 0 saturated carbocycles. The fraction of sp³-hybridized carbons (Fsp3) is 0.133. The molecule has 0 spiro atoms. The maximum absolute atomic E-state index is 11.6. The van der Waals surface area contributed by atoms with Gasteiger partial charge in [-0.3, -0.25) is 4.98 Å². The first-order valence-corrected chi connectivity index (χ1v) is 6.76. The molecule has 6 nitrogen and oxygen atoms in total. The minimum absolute atomic E-state index is 0.0594. The number of rotatable bonds is 5.